The molecular weight excluding hydrogens is 371 g/mol. The average molecular weight is 385 g/mol. The summed E-state index contributed by atoms with van der Waals surface area (Å²) in [6, 6.07) is 11.5. The predicted molar refractivity (Wildman–Crippen MR) is 92.5 cm³/mol. The van der Waals surface area contributed by atoms with Crippen molar-refractivity contribution in [2.75, 3.05) is 4.90 Å². The normalized spacial score (nSPS) is 28.5. The second-order valence-corrected chi connectivity index (χ2v) is 7.50. The van der Waals surface area contributed by atoms with Crippen molar-refractivity contribution < 1.29 is 27.6 Å². The lowest BCUT2D eigenvalue weighted by atomic mass is 9.56. The Morgan fingerprint density at radius 2 is 1.54 bits per heavy atom. The minimum absolute atomic E-state index is 0.0861. The molecule has 1 heterocycles. The molecular formula is C21H14F3NO3. The number of ketones is 1. The fourth-order valence-electron chi connectivity index (χ4n) is 5.04. The van der Waals surface area contributed by atoms with Crippen LogP contribution in [0.25, 0.3) is 0 Å². The van der Waals surface area contributed by atoms with Crippen LogP contribution in [0.5, 0.6) is 0 Å². The van der Waals surface area contributed by atoms with Crippen molar-refractivity contribution in [3.8, 4) is 0 Å². The van der Waals surface area contributed by atoms with Crippen LogP contribution in [0.15, 0.2) is 48.5 Å². The highest BCUT2D eigenvalue weighted by molar-refractivity contribution is 6.24. The first-order chi connectivity index (χ1) is 13.3. The molecule has 4 atom stereocenters. The summed E-state index contributed by atoms with van der Waals surface area (Å²) in [5.74, 6) is -3.87. The van der Waals surface area contributed by atoms with E-state index in [0.717, 1.165) is 28.2 Å². The van der Waals surface area contributed by atoms with E-state index in [2.05, 4.69) is 0 Å². The predicted octanol–water partition coefficient (Wildman–Crippen LogP) is 3.66. The lowest BCUT2D eigenvalue weighted by molar-refractivity contribution is -0.137. The molecule has 6 rings (SSSR count). The number of rotatable bonds is 1. The van der Waals surface area contributed by atoms with Crippen molar-refractivity contribution in [1.29, 1.82) is 0 Å². The second-order valence-electron chi connectivity index (χ2n) is 7.50. The van der Waals surface area contributed by atoms with Crippen LogP contribution in [0.2, 0.25) is 0 Å². The molecule has 2 amide bonds. The Labute approximate surface area is 157 Å². The Morgan fingerprint density at radius 1 is 0.857 bits per heavy atom. The summed E-state index contributed by atoms with van der Waals surface area (Å²) in [5, 5.41) is 0. The fourth-order valence-corrected chi connectivity index (χ4v) is 5.04. The maximum absolute atomic E-state index is 13.1. The average Bonchev–Trinajstić information content (AvgIpc) is 2.93. The molecule has 2 fully saturated rings. The summed E-state index contributed by atoms with van der Waals surface area (Å²) >= 11 is 0. The summed E-state index contributed by atoms with van der Waals surface area (Å²) in [6.07, 6.45) is -4.40. The van der Waals surface area contributed by atoms with Gasteiger partial charge in [-0.1, -0.05) is 30.3 Å². The van der Waals surface area contributed by atoms with Crippen LogP contribution in [0.1, 0.15) is 34.9 Å². The maximum atomic E-state index is 13.1. The van der Waals surface area contributed by atoms with E-state index in [1.165, 1.54) is 12.1 Å². The topological polar surface area (TPSA) is 54.5 Å². The standard InChI is InChI=1S/C21H14F3NO3/c22-21(23,24)10-4-3-5-11(8-10)25-19(27)17-14-9-15(26)16(18(17)20(25)28)13-7-2-1-6-12(13)14/h1-8,14,16-18H,9H2/t14-,16+,17+,18-/m1/s1. The summed E-state index contributed by atoms with van der Waals surface area (Å²) < 4.78 is 39.2. The molecule has 142 valence electrons. The van der Waals surface area contributed by atoms with E-state index < -0.39 is 47.2 Å². The minimum Gasteiger partial charge on any atom is -0.299 e. The Kier molecular flexibility index (Phi) is 3.39. The monoisotopic (exact) mass is 385 g/mol. The first kappa shape index (κ1) is 17.2. The first-order valence-electron chi connectivity index (χ1n) is 8.95. The summed E-state index contributed by atoms with van der Waals surface area (Å²) in [5.41, 5.74) is 0.621. The van der Waals surface area contributed by atoms with Gasteiger partial charge in [0.2, 0.25) is 11.8 Å². The molecule has 2 aromatic rings. The van der Waals surface area contributed by atoms with Crippen LogP contribution in [0.3, 0.4) is 0 Å². The van der Waals surface area contributed by atoms with Gasteiger partial charge in [0, 0.05) is 12.3 Å². The minimum atomic E-state index is -4.58. The van der Waals surface area contributed by atoms with Gasteiger partial charge in [0.05, 0.1) is 29.0 Å². The molecule has 4 nitrogen and oxygen atoms in total. The van der Waals surface area contributed by atoms with E-state index in [-0.39, 0.29) is 17.9 Å². The van der Waals surface area contributed by atoms with E-state index in [0.29, 0.717) is 0 Å². The Bertz CT molecular complexity index is 1050. The van der Waals surface area contributed by atoms with Crippen LogP contribution in [0, 0.1) is 11.8 Å². The van der Waals surface area contributed by atoms with E-state index in [9.17, 15) is 27.6 Å². The Hall–Kier alpha value is -2.96. The molecule has 0 radical (unpaired) electrons. The second kappa shape index (κ2) is 5.53. The number of carbonyl (C=O) groups is 3. The van der Waals surface area contributed by atoms with Gasteiger partial charge in [0.25, 0.3) is 0 Å². The lowest BCUT2D eigenvalue weighted by Gasteiger charge is -2.43. The molecule has 7 heteroatoms. The van der Waals surface area contributed by atoms with E-state index in [4.69, 9.17) is 0 Å². The number of anilines is 1. The molecule has 0 spiro atoms. The smallest absolute Gasteiger partial charge is 0.299 e. The SMILES string of the molecule is O=C1C[C@@H]2c3ccccc3[C@@H]1[C@H]1C(=O)N(c3cccc(C(F)(F)F)c3)C(=O)[C@H]12. The molecule has 2 bridgehead atoms. The molecule has 0 N–H and O–H groups in total. The molecule has 0 unspecified atom stereocenters. The Balaban J connectivity index is 1.62. The molecule has 28 heavy (non-hydrogen) atoms. The third-order valence-electron chi connectivity index (χ3n) is 6.12. The number of fused-ring (bicyclic) bond motifs is 1. The van der Waals surface area contributed by atoms with Gasteiger partial charge in [-0.15, -0.1) is 0 Å². The van der Waals surface area contributed by atoms with Crippen LogP contribution in [-0.4, -0.2) is 17.6 Å². The van der Waals surface area contributed by atoms with Gasteiger partial charge in [0.15, 0.2) is 0 Å². The molecule has 2 aromatic carbocycles. The maximum Gasteiger partial charge on any atom is 0.416 e. The van der Waals surface area contributed by atoms with Gasteiger partial charge in [-0.05, 0) is 29.3 Å². The van der Waals surface area contributed by atoms with Crippen molar-refractivity contribution in [2.24, 2.45) is 11.8 Å². The summed E-state index contributed by atoms with van der Waals surface area (Å²) in [7, 11) is 0. The number of benzene rings is 2. The number of amides is 2. The lowest BCUT2D eigenvalue weighted by Crippen LogP contribution is -2.44. The van der Waals surface area contributed by atoms with Crippen molar-refractivity contribution in [3.63, 3.8) is 0 Å². The van der Waals surface area contributed by atoms with Crippen LogP contribution >= 0.6 is 0 Å². The molecule has 1 saturated carbocycles. The molecule has 1 aliphatic heterocycles. The number of Topliss-reactive ketones (excluding diaryl/α,β-unsaturated/α-hetero) is 1. The number of imide groups is 1. The molecule has 0 aromatic heterocycles. The van der Waals surface area contributed by atoms with E-state index >= 15 is 0 Å². The molecule has 1 saturated heterocycles. The van der Waals surface area contributed by atoms with Crippen LogP contribution in [0.4, 0.5) is 18.9 Å². The zero-order chi connectivity index (χ0) is 19.8. The number of hydrogen-bond donors (Lipinski definition) is 0. The zero-order valence-corrected chi connectivity index (χ0v) is 14.4. The van der Waals surface area contributed by atoms with Crippen LogP contribution in [-0.2, 0) is 20.6 Å². The fraction of sp³-hybridized carbons (Fsp3) is 0.286. The van der Waals surface area contributed by atoms with Gasteiger partial charge in [-0.3, -0.25) is 14.4 Å². The summed E-state index contributed by atoms with van der Waals surface area (Å²) in [6.45, 7) is 0. The van der Waals surface area contributed by atoms with Crippen molar-refractivity contribution >= 4 is 23.3 Å². The highest BCUT2D eigenvalue weighted by Gasteiger charge is 2.62. The number of halogens is 3. The highest BCUT2D eigenvalue weighted by Crippen LogP contribution is 2.57. The number of hydrogen-bond acceptors (Lipinski definition) is 3. The third-order valence-corrected chi connectivity index (χ3v) is 6.12. The van der Waals surface area contributed by atoms with Crippen molar-refractivity contribution in [1.82, 2.24) is 0 Å². The summed E-state index contributed by atoms with van der Waals surface area (Å²) in [4.78, 5) is 39.7. The first-order valence-corrected chi connectivity index (χ1v) is 8.95. The number of nitrogens with zero attached hydrogens (tertiary/aromatic N) is 1. The number of carbonyl (C=O) groups excluding carboxylic acids is 3. The van der Waals surface area contributed by atoms with E-state index in [1.807, 2.05) is 12.1 Å². The highest BCUT2D eigenvalue weighted by atomic mass is 19.4. The van der Waals surface area contributed by atoms with Crippen molar-refractivity contribution in [3.05, 3.63) is 65.2 Å². The van der Waals surface area contributed by atoms with Gasteiger partial charge >= 0.3 is 6.18 Å². The Morgan fingerprint density at radius 3 is 2.25 bits per heavy atom. The zero-order valence-electron chi connectivity index (χ0n) is 14.4. The van der Waals surface area contributed by atoms with Gasteiger partial charge in [0.1, 0.15) is 5.78 Å². The van der Waals surface area contributed by atoms with E-state index in [1.54, 1.807) is 12.1 Å². The van der Waals surface area contributed by atoms with Crippen LogP contribution < -0.4 is 4.90 Å². The quantitative estimate of drug-likeness (QED) is 0.704. The van der Waals surface area contributed by atoms with Gasteiger partial charge < -0.3 is 0 Å². The molecule has 4 aliphatic rings. The van der Waals surface area contributed by atoms with Gasteiger partial charge in [-0.2, -0.15) is 13.2 Å². The number of alkyl halides is 3. The molecule has 3 aliphatic carbocycles. The van der Waals surface area contributed by atoms with Gasteiger partial charge in [-0.25, -0.2) is 4.90 Å². The van der Waals surface area contributed by atoms with Crippen molar-refractivity contribution in [2.45, 2.75) is 24.4 Å². The largest absolute Gasteiger partial charge is 0.416 e. The third kappa shape index (κ3) is 2.16.